The third-order valence-electron chi connectivity index (χ3n) is 4.50. The maximum atomic E-state index is 10.4. The van der Waals surface area contributed by atoms with Crippen LogP contribution in [0.3, 0.4) is 0 Å². The molecule has 0 fully saturated rings. The first-order valence-corrected chi connectivity index (χ1v) is 8.63. The molecule has 2 aromatic carbocycles. The second-order valence-electron chi connectivity index (χ2n) is 6.22. The number of H-pyrrole nitrogens is 1. The minimum atomic E-state index is 0.142. The SMILES string of the molecule is COc1ccc(OCCN2CC(O)=C(c3nc4ccccc4[nH]3)C2=N)cc1. The molecular formula is C20H20N4O3. The molecule has 0 saturated carbocycles. The van der Waals surface area contributed by atoms with Crippen LogP contribution in [0.4, 0.5) is 0 Å². The molecule has 0 unspecified atom stereocenters. The topological polar surface area (TPSA) is 94.5 Å². The number of aromatic amines is 1. The molecule has 4 rings (SSSR count). The molecule has 0 spiro atoms. The molecule has 3 N–H and O–H groups in total. The van der Waals surface area contributed by atoms with E-state index in [2.05, 4.69) is 9.97 Å². The summed E-state index contributed by atoms with van der Waals surface area (Å²) in [4.78, 5) is 9.43. The summed E-state index contributed by atoms with van der Waals surface area (Å²) in [6, 6.07) is 15.0. The molecule has 0 radical (unpaired) electrons. The number of aliphatic hydroxyl groups excluding tert-OH is 1. The van der Waals surface area contributed by atoms with Gasteiger partial charge >= 0.3 is 0 Å². The number of nitrogens with zero attached hydrogens (tertiary/aromatic N) is 2. The third kappa shape index (κ3) is 3.31. The summed E-state index contributed by atoms with van der Waals surface area (Å²) in [7, 11) is 1.62. The molecule has 0 aliphatic carbocycles. The van der Waals surface area contributed by atoms with Gasteiger partial charge < -0.3 is 24.5 Å². The Balaban J connectivity index is 1.40. The van der Waals surface area contributed by atoms with Gasteiger partial charge in [0.15, 0.2) is 0 Å². The van der Waals surface area contributed by atoms with Gasteiger partial charge in [-0.05, 0) is 36.4 Å². The molecule has 0 bridgehead atoms. The molecule has 7 nitrogen and oxygen atoms in total. The van der Waals surface area contributed by atoms with Gasteiger partial charge in [-0.1, -0.05) is 12.1 Å². The van der Waals surface area contributed by atoms with Crippen molar-refractivity contribution >= 4 is 22.4 Å². The van der Waals surface area contributed by atoms with Gasteiger partial charge in [-0.15, -0.1) is 0 Å². The first kappa shape index (κ1) is 17.0. The van der Waals surface area contributed by atoms with Crippen molar-refractivity contribution in [3.63, 3.8) is 0 Å². The Bertz CT molecular complexity index is 974. The van der Waals surface area contributed by atoms with E-state index in [9.17, 15) is 5.11 Å². The van der Waals surface area contributed by atoms with Crippen molar-refractivity contribution in [1.29, 1.82) is 5.41 Å². The van der Waals surface area contributed by atoms with Crippen LogP contribution in [-0.4, -0.2) is 52.6 Å². The number of ether oxygens (including phenoxy) is 2. The van der Waals surface area contributed by atoms with E-state index in [0.717, 1.165) is 22.5 Å². The van der Waals surface area contributed by atoms with E-state index >= 15 is 0 Å². The number of benzene rings is 2. The van der Waals surface area contributed by atoms with E-state index in [-0.39, 0.29) is 18.1 Å². The largest absolute Gasteiger partial charge is 0.510 e. The lowest BCUT2D eigenvalue weighted by atomic mass is 10.2. The number of imidazole rings is 1. The van der Waals surface area contributed by atoms with Crippen molar-refractivity contribution in [1.82, 2.24) is 14.9 Å². The van der Waals surface area contributed by atoms with Crippen LogP contribution in [0.15, 0.2) is 54.3 Å². The first-order valence-electron chi connectivity index (χ1n) is 8.63. The number of para-hydroxylation sites is 2. The van der Waals surface area contributed by atoms with Crippen LogP contribution in [0.2, 0.25) is 0 Å². The maximum absolute atomic E-state index is 10.4. The van der Waals surface area contributed by atoms with Crippen molar-refractivity contribution in [3.8, 4) is 11.5 Å². The molecule has 0 saturated heterocycles. The molecule has 7 heteroatoms. The molecule has 1 aliphatic heterocycles. The molecule has 138 valence electrons. The van der Waals surface area contributed by atoms with Crippen LogP contribution in [-0.2, 0) is 0 Å². The van der Waals surface area contributed by atoms with Crippen molar-refractivity contribution < 1.29 is 14.6 Å². The average molecular weight is 364 g/mol. The first-order chi connectivity index (χ1) is 13.2. The van der Waals surface area contributed by atoms with E-state index < -0.39 is 0 Å². The fourth-order valence-electron chi connectivity index (χ4n) is 3.09. The van der Waals surface area contributed by atoms with Gasteiger partial charge in [-0.3, -0.25) is 5.41 Å². The fourth-order valence-corrected chi connectivity index (χ4v) is 3.09. The highest BCUT2D eigenvalue weighted by atomic mass is 16.5. The summed E-state index contributed by atoms with van der Waals surface area (Å²) >= 11 is 0. The number of hydrogen-bond donors (Lipinski definition) is 3. The summed E-state index contributed by atoms with van der Waals surface area (Å²) < 4.78 is 10.8. The molecular weight excluding hydrogens is 344 g/mol. The van der Waals surface area contributed by atoms with Gasteiger partial charge in [0.25, 0.3) is 0 Å². The Kier molecular flexibility index (Phi) is 4.42. The zero-order valence-electron chi connectivity index (χ0n) is 14.9. The van der Waals surface area contributed by atoms with Crippen LogP contribution < -0.4 is 9.47 Å². The third-order valence-corrected chi connectivity index (χ3v) is 4.50. The smallest absolute Gasteiger partial charge is 0.145 e. The summed E-state index contributed by atoms with van der Waals surface area (Å²) in [6.45, 7) is 1.16. The zero-order chi connectivity index (χ0) is 18.8. The van der Waals surface area contributed by atoms with Crippen LogP contribution in [0.5, 0.6) is 11.5 Å². The number of fused-ring (bicyclic) bond motifs is 1. The number of nitrogens with one attached hydrogen (secondary N) is 2. The summed E-state index contributed by atoms with van der Waals surface area (Å²) in [5.74, 6) is 2.40. The number of rotatable bonds is 6. The van der Waals surface area contributed by atoms with Crippen molar-refractivity contribution in [3.05, 3.63) is 60.1 Å². The second kappa shape index (κ2) is 7.03. The van der Waals surface area contributed by atoms with Crippen LogP contribution in [0, 0.1) is 5.41 Å². The lowest BCUT2D eigenvalue weighted by Crippen LogP contribution is -2.31. The van der Waals surface area contributed by atoms with Gasteiger partial charge in [-0.25, -0.2) is 4.98 Å². The summed E-state index contributed by atoms with van der Waals surface area (Å²) in [5, 5.41) is 18.8. The van der Waals surface area contributed by atoms with Crippen molar-refractivity contribution in [2.45, 2.75) is 0 Å². The highest BCUT2D eigenvalue weighted by Gasteiger charge is 2.30. The average Bonchev–Trinajstić information content (AvgIpc) is 3.22. The van der Waals surface area contributed by atoms with Crippen molar-refractivity contribution in [2.75, 3.05) is 26.8 Å². The number of amidine groups is 1. The van der Waals surface area contributed by atoms with Gasteiger partial charge in [0, 0.05) is 0 Å². The van der Waals surface area contributed by atoms with Gasteiger partial charge in [-0.2, -0.15) is 0 Å². The molecule has 0 atom stereocenters. The Labute approximate surface area is 156 Å². The van der Waals surface area contributed by atoms with Crippen LogP contribution in [0.25, 0.3) is 16.6 Å². The predicted molar refractivity (Wildman–Crippen MR) is 103 cm³/mol. The van der Waals surface area contributed by atoms with E-state index in [0.29, 0.717) is 24.5 Å². The van der Waals surface area contributed by atoms with Gasteiger partial charge in [0.05, 0.1) is 36.8 Å². The lowest BCUT2D eigenvalue weighted by molar-refractivity contribution is 0.265. The molecule has 0 amide bonds. The number of methoxy groups -OCH3 is 1. The van der Waals surface area contributed by atoms with E-state index in [4.69, 9.17) is 14.9 Å². The standard InChI is InChI=1S/C20H20N4O3/c1-26-13-6-8-14(9-7-13)27-11-10-24-12-17(25)18(19(24)21)20-22-15-4-2-3-5-16(15)23-20/h2-9,21,25H,10-12H2,1H3,(H,22,23). The van der Waals surface area contributed by atoms with Crippen LogP contribution >= 0.6 is 0 Å². The maximum Gasteiger partial charge on any atom is 0.145 e. The van der Waals surface area contributed by atoms with E-state index in [1.807, 2.05) is 48.5 Å². The fraction of sp³-hybridized carbons (Fsp3) is 0.200. The molecule has 1 aromatic heterocycles. The minimum Gasteiger partial charge on any atom is -0.510 e. The molecule has 1 aliphatic rings. The number of aromatic nitrogens is 2. The lowest BCUT2D eigenvalue weighted by Gasteiger charge is -2.18. The monoisotopic (exact) mass is 364 g/mol. The Morgan fingerprint density at radius 3 is 2.63 bits per heavy atom. The molecule has 2 heterocycles. The van der Waals surface area contributed by atoms with Crippen LogP contribution in [0.1, 0.15) is 5.82 Å². The number of aliphatic hydroxyl groups is 1. The Morgan fingerprint density at radius 1 is 1.15 bits per heavy atom. The highest BCUT2D eigenvalue weighted by Crippen LogP contribution is 2.27. The Morgan fingerprint density at radius 2 is 1.89 bits per heavy atom. The van der Waals surface area contributed by atoms with Gasteiger partial charge in [0.2, 0.25) is 0 Å². The summed E-state index contributed by atoms with van der Waals surface area (Å²) in [5.41, 5.74) is 2.12. The summed E-state index contributed by atoms with van der Waals surface area (Å²) in [6.07, 6.45) is 0. The minimum absolute atomic E-state index is 0.142. The number of hydrogen-bond acceptors (Lipinski definition) is 5. The van der Waals surface area contributed by atoms with Crippen molar-refractivity contribution in [2.24, 2.45) is 0 Å². The van der Waals surface area contributed by atoms with Gasteiger partial charge in [0.1, 0.15) is 35.5 Å². The molecule has 3 aromatic rings. The quantitative estimate of drug-likeness (QED) is 0.624. The normalized spacial score (nSPS) is 14.3. The Hall–Kier alpha value is -3.48. The highest BCUT2D eigenvalue weighted by molar-refractivity contribution is 6.23. The zero-order valence-corrected chi connectivity index (χ0v) is 14.9. The van der Waals surface area contributed by atoms with E-state index in [1.54, 1.807) is 12.0 Å². The molecule has 27 heavy (non-hydrogen) atoms. The second-order valence-corrected chi connectivity index (χ2v) is 6.22. The predicted octanol–water partition coefficient (Wildman–Crippen LogP) is 3.21. The van der Waals surface area contributed by atoms with E-state index in [1.165, 1.54) is 0 Å².